The number of nitrogens with one attached hydrogen (secondary N) is 1. The second kappa shape index (κ2) is 6.27. The van der Waals surface area contributed by atoms with Crippen molar-refractivity contribution in [3.05, 3.63) is 63.0 Å². The first-order valence-electron chi connectivity index (χ1n) is 5.63. The Labute approximate surface area is 134 Å². The van der Waals surface area contributed by atoms with Gasteiger partial charge in [-0.3, -0.25) is 4.79 Å². The fraction of sp³-hybridized carbons (Fsp3) is 0. The summed E-state index contributed by atoms with van der Waals surface area (Å²) in [6.07, 6.45) is 0. The summed E-state index contributed by atoms with van der Waals surface area (Å²) in [5, 5.41) is 2.69. The molecule has 0 aliphatic rings. The largest absolute Gasteiger partial charge is 0.389 e. The molecule has 6 heteroatoms. The Kier molecular flexibility index (Phi) is 4.66. The van der Waals surface area contributed by atoms with E-state index >= 15 is 0 Å². The number of benzene rings is 2. The lowest BCUT2D eigenvalue weighted by molar-refractivity contribution is 0.102. The van der Waals surface area contributed by atoms with E-state index in [1.807, 2.05) is 6.07 Å². The van der Waals surface area contributed by atoms with Crippen LogP contribution >= 0.6 is 34.8 Å². The minimum absolute atomic E-state index is 0.0300. The van der Waals surface area contributed by atoms with Crippen LogP contribution in [0.3, 0.4) is 0 Å². The van der Waals surface area contributed by atoms with Crippen molar-refractivity contribution < 1.29 is 9.18 Å². The van der Waals surface area contributed by atoms with Gasteiger partial charge in [-0.1, -0.05) is 18.3 Å². The fourth-order valence-corrected chi connectivity index (χ4v) is 2.37. The molecule has 2 aromatic rings. The second-order valence-corrected chi connectivity index (χ2v) is 5.70. The van der Waals surface area contributed by atoms with Crippen molar-refractivity contribution >= 4 is 51.4 Å². The SMILES string of the molecule is NC(=S)c1cc(F)ccc1NC(=O)c1cccc(I)c1. The molecule has 3 nitrogen and oxygen atoms in total. The van der Waals surface area contributed by atoms with E-state index < -0.39 is 5.82 Å². The summed E-state index contributed by atoms with van der Waals surface area (Å²) in [5.41, 5.74) is 6.74. The third-order valence-electron chi connectivity index (χ3n) is 2.58. The minimum Gasteiger partial charge on any atom is -0.389 e. The molecule has 0 aromatic heterocycles. The Morgan fingerprint density at radius 2 is 2.00 bits per heavy atom. The van der Waals surface area contributed by atoms with E-state index in [-0.39, 0.29) is 10.9 Å². The number of carbonyl (C=O) groups excluding carboxylic acids is 1. The third kappa shape index (κ3) is 3.51. The predicted octanol–water partition coefficient (Wildman–Crippen LogP) is 3.32. The van der Waals surface area contributed by atoms with Crippen LogP contribution in [0, 0.1) is 9.39 Å². The topological polar surface area (TPSA) is 55.1 Å². The van der Waals surface area contributed by atoms with Gasteiger partial charge < -0.3 is 11.1 Å². The number of thiocarbonyl (C=S) groups is 1. The summed E-state index contributed by atoms with van der Waals surface area (Å²) in [6.45, 7) is 0. The molecule has 0 aliphatic heterocycles. The summed E-state index contributed by atoms with van der Waals surface area (Å²) >= 11 is 6.98. The average Bonchev–Trinajstić information content (AvgIpc) is 2.40. The molecule has 0 fully saturated rings. The Morgan fingerprint density at radius 1 is 1.25 bits per heavy atom. The Bertz CT molecular complexity index is 691. The smallest absolute Gasteiger partial charge is 0.255 e. The van der Waals surface area contributed by atoms with Gasteiger partial charge >= 0.3 is 0 Å². The van der Waals surface area contributed by atoms with Gasteiger partial charge in [-0.2, -0.15) is 0 Å². The van der Waals surface area contributed by atoms with Gasteiger partial charge in [-0.05, 0) is 59.0 Å². The highest BCUT2D eigenvalue weighted by Crippen LogP contribution is 2.18. The fourth-order valence-electron chi connectivity index (χ4n) is 1.65. The van der Waals surface area contributed by atoms with Crippen LogP contribution in [0.1, 0.15) is 15.9 Å². The molecule has 102 valence electrons. The van der Waals surface area contributed by atoms with Crippen LogP contribution in [-0.4, -0.2) is 10.9 Å². The van der Waals surface area contributed by atoms with Crippen molar-refractivity contribution in [2.24, 2.45) is 5.73 Å². The Balaban J connectivity index is 2.30. The van der Waals surface area contributed by atoms with Gasteiger partial charge in [0.1, 0.15) is 10.8 Å². The van der Waals surface area contributed by atoms with Crippen LogP contribution in [0.4, 0.5) is 10.1 Å². The van der Waals surface area contributed by atoms with E-state index in [0.29, 0.717) is 16.8 Å². The lowest BCUT2D eigenvalue weighted by Crippen LogP contribution is -2.18. The lowest BCUT2D eigenvalue weighted by Gasteiger charge is -2.10. The molecule has 2 aromatic carbocycles. The number of carbonyl (C=O) groups is 1. The maximum Gasteiger partial charge on any atom is 0.255 e. The molecule has 0 spiro atoms. The first-order valence-corrected chi connectivity index (χ1v) is 7.12. The van der Waals surface area contributed by atoms with Gasteiger partial charge in [0.25, 0.3) is 5.91 Å². The zero-order valence-corrected chi connectivity index (χ0v) is 13.2. The Hall–Kier alpha value is -1.54. The van der Waals surface area contributed by atoms with Gasteiger partial charge in [0, 0.05) is 14.7 Å². The molecule has 0 saturated carbocycles. The normalized spacial score (nSPS) is 10.1. The van der Waals surface area contributed by atoms with Crippen LogP contribution < -0.4 is 11.1 Å². The molecule has 0 heterocycles. The zero-order valence-electron chi connectivity index (χ0n) is 10.2. The van der Waals surface area contributed by atoms with E-state index in [0.717, 1.165) is 3.57 Å². The zero-order chi connectivity index (χ0) is 14.7. The van der Waals surface area contributed by atoms with Crippen LogP contribution in [0.25, 0.3) is 0 Å². The third-order valence-corrected chi connectivity index (χ3v) is 3.47. The number of hydrogen-bond acceptors (Lipinski definition) is 2. The van der Waals surface area contributed by atoms with Gasteiger partial charge in [0.05, 0.1) is 5.69 Å². The predicted molar refractivity (Wildman–Crippen MR) is 89.4 cm³/mol. The first kappa shape index (κ1) is 14.9. The molecule has 0 aliphatic carbocycles. The second-order valence-electron chi connectivity index (χ2n) is 4.02. The molecule has 1 amide bonds. The standard InChI is InChI=1S/C14H10FIN2OS/c15-9-4-5-12(11(7-9)13(17)20)18-14(19)8-2-1-3-10(16)6-8/h1-7H,(H2,17,20)(H,18,19). The van der Waals surface area contributed by atoms with Gasteiger partial charge in [0.2, 0.25) is 0 Å². The highest BCUT2D eigenvalue weighted by atomic mass is 127. The Morgan fingerprint density at radius 3 is 2.65 bits per heavy atom. The average molecular weight is 400 g/mol. The number of rotatable bonds is 3. The molecule has 2 rings (SSSR count). The molecular weight excluding hydrogens is 390 g/mol. The summed E-state index contributed by atoms with van der Waals surface area (Å²) in [4.78, 5) is 12.2. The first-order chi connectivity index (χ1) is 9.47. The highest BCUT2D eigenvalue weighted by Gasteiger charge is 2.11. The van der Waals surface area contributed by atoms with E-state index in [2.05, 4.69) is 27.9 Å². The van der Waals surface area contributed by atoms with E-state index in [4.69, 9.17) is 18.0 Å². The van der Waals surface area contributed by atoms with E-state index in [1.54, 1.807) is 18.2 Å². The molecule has 20 heavy (non-hydrogen) atoms. The van der Waals surface area contributed by atoms with E-state index in [1.165, 1.54) is 18.2 Å². The number of amides is 1. The monoisotopic (exact) mass is 400 g/mol. The van der Waals surface area contributed by atoms with Crippen LogP contribution in [0.5, 0.6) is 0 Å². The van der Waals surface area contributed by atoms with Crippen molar-refractivity contribution in [1.29, 1.82) is 0 Å². The molecule has 0 atom stereocenters. The highest BCUT2D eigenvalue weighted by molar-refractivity contribution is 14.1. The number of halogens is 2. The maximum absolute atomic E-state index is 13.2. The summed E-state index contributed by atoms with van der Waals surface area (Å²) in [6, 6.07) is 11.0. The van der Waals surface area contributed by atoms with Gasteiger partial charge in [-0.15, -0.1) is 0 Å². The van der Waals surface area contributed by atoms with Crippen molar-refractivity contribution in [3.8, 4) is 0 Å². The molecule has 0 radical (unpaired) electrons. The molecule has 0 unspecified atom stereocenters. The quantitative estimate of drug-likeness (QED) is 0.614. The molecule has 0 bridgehead atoms. The van der Waals surface area contributed by atoms with Crippen LogP contribution in [0.15, 0.2) is 42.5 Å². The van der Waals surface area contributed by atoms with Crippen molar-refractivity contribution in [2.45, 2.75) is 0 Å². The molecular formula is C14H10FIN2OS. The van der Waals surface area contributed by atoms with Gasteiger partial charge in [0.15, 0.2) is 0 Å². The number of anilines is 1. The van der Waals surface area contributed by atoms with Gasteiger partial charge in [-0.25, -0.2) is 4.39 Å². The van der Waals surface area contributed by atoms with E-state index in [9.17, 15) is 9.18 Å². The van der Waals surface area contributed by atoms with Crippen molar-refractivity contribution in [2.75, 3.05) is 5.32 Å². The van der Waals surface area contributed by atoms with Crippen LogP contribution in [0.2, 0.25) is 0 Å². The number of hydrogen-bond donors (Lipinski definition) is 2. The maximum atomic E-state index is 13.2. The summed E-state index contributed by atoms with van der Waals surface area (Å²) < 4.78 is 14.1. The number of nitrogens with two attached hydrogens (primary N) is 1. The summed E-state index contributed by atoms with van der Waals surface area (Å²) in [7, 11) is 0. The van der Waals surface area contributed by atoms with Crippen molar-refractivity contribution in [1.82, 2.24) is 0 Å². The van der Waals surface area contributed by atoms with Crippen molar-refractivity contribution in [3.63, 3.8) is 0 Å². The molecule has 0 saturated heterocycles. The summed E-state index contributed by atoms with van der Waals surface area (Å²) in [5.74, 6) is -0.757. The minimum atomic E-state index is -0.458. The lowest BCUT2D eigenvalue weighted by atomic mass is 10.1. The molecule has 3 N–H and O–H groups in total. The van der Waals surface area contributed by atoms with Crippen LogP contribution in [-0.2, 0) is 0 Å².